The number of nitrogens with zero attached hydrogens (tertiary/aromatic N) is 5. The van der Waals surface area contributed by atoms with Crippen LogP contribution < -0.4 is 4.90 Å². The van der Waals surface area contributed by atoms with Crippen LogP contribution in [-0.2, 0) is 4.74 Å². The summed E-state index contributed by atoms with van der Waals surface area (Å²) >= 11 is 3.71. The van der Waals surface area contributed by atoms with Gasteiger partial charge >= 0.3 is 6.09 Å². The van der Waals surface area contributed by atoms with Crippen LogP contribution >= 0.6 is 15.9 Å². The minimum Gasteiger partial charge on any atom is -0.444 e. The predicted octanol–water partition coefficient (Wildman–Crippen LogP) is 4.06. The van der Waals surface area contributed by atoms with E-state index in [1.54, 1.807) is 4.90 Å². The van der Waals surface area contributed by atoms with Gasteiger partial charge in [0.2, 0.25) is 0 Å². The van der Waals surface area contributed by atoms with Crippen molar-refractivity contribution in [3.63, 3.8) is 0 Å². The Bertz CT molecular complexity index is 916. The second-order valence-electron chi connectivity index (χ2n) is 11.2. The number of carbonyl (C=O) groups is 1. The fourth-order valence-corrected chi connectivity index (χ4v) is 6.34. The van der Waals surface area contributed by atoms with E-state index in [4.69, 9.17) is 9.84 Å². The number of anilines is 1. The number of hydrogen-bond acceptors (Lipinski definition) is 5. The number of alkyl halides is 2. The fraction of sp³-hybridized carbons (Fsp3) is 0.818. The maximum Gasteiger partial charge on any atom is 0.410 e. The molecule has 7 nitrogen and oxygen atoms in total. The third kappa shape index (κ3) is 3.91. The number of piperazine rings is 1. The number of rotatable bonds is 2. The second-order valence-corrected chi connectivity index (χ2v) is 12.0. The van der Waals surface area contributed by atoms with Crippen molar-refractivity contribution in [2.75, 3.05) is 44.2 Å². The van der Waals surface area contributed by atoms with E-state index < -0.39 is 11.5 Å². The standard InChI is InChI=1S/C22H32BrF2N5O2/c1-14-17(23)18(27-5-6-28-13-22(24,25)9-16(28)10-27)26-30(14)15-7-21(8-15)11-29(12-21)19(31)32-20(2,3)4/h15-16H,5-13H2,1-4H3. The molecular weight excluding hydrogens is 484 g/mol. The van der Waals surface area contributed by atoms with Crippen LogP contribution in [0, 0.1) is 12.3 Å². The number of carbonyl (C=O) groups excluding carboxylic acids is 1. The molecule has 10 heteroatoms. The summed E-state index contributed by atoms with van der Waals surface area (Å²) in [5, 5.41) is 4.92. The van der Waals surface area contributed by atoms with Crippen LogP contribution in [0.4, 0.5) is 19.4 Å². The summed E-state index contributed by atoms with van der Waals surface area (Å²) in [6, 6.07) is 0.190. The summed E-state index contributed by atoms with van der Waals surface area (Å²) in [5.41, 5.74) is 0.770. The Morgan fingerprint density at radius 3 is 2.47 bits per heavy atom. The average molecular weight is 516 g/mol. The topological polar surface area (TPSA) is 53.8 Å². The van der Waals surface area contributed by atoms with Crippen LogP contribution in [-0.4, -0.2) is 82.5 Å². The lowest BCUT2D eigenvalue weighted by Gasteiger charge is -2.58. The zero-order valence-electron chi connectivity index (χ0n) is 19.2. The van der Waals surface area contributed by atoms with E-state index in [9.17, 15) is 13.6 Å². The number of aromatic nitrogens is 2. The van der Waals surface area contributed by atoms with Gasteiger partial charge in [-0.25, -0.2) is 13.6 Å². The lowest BCUT2D eigenvalue weighted by atomic mass is 9.61. The minimum absolute atomic E-state index is 0.0693. The number of amides is 1. The Morgan fingerprint density at radius 2 is 1.81 bits per heavy atom. The molecule has 1 saturated carbocycles. The zero-order valence-corrected chi connectivity index (χ0v) is 20.8. The molecule has 4 fully saturated rings. The van der Waals surface area contributed by atoms with Crippen molar-refractivity contribution in [1.82, 2.24) is 19.6 Å². The highest BCUT2D eigenvalue weighted by atomic mass is 79.9. The number of halogens is 3. The van der Waals surface area contributed by atoms with E-state index in [0.717, 1.165) is 41.9 Å². The highest BCUT2D eigenvalue weighted by Crippen LogP contribution is 2.55. The molecule has 1 unspecified atom stereocenters. The van der Waals surface area contributed by atoms with E-state index in [-0.39, 0.29) is 30.5 Å². The Hall–Kier alpha value is -1.42. The first-order chi connectivity index (χ1) is 14.8. The van der Waals surface area contributed by atoms with Gasteiger partial charge in [-0.05, 0) is 56.5 Å². The predicted molar refractivity (Wildman–Crippen MR) is 120 cm³/mol. The van der Waals surface area contributed by atoms with Crippen LogP contribution in [0.25, 0.3) is 0 Å². The highest BCUT2D eigenvalue weighted by Gasteiger charge is 2.55. The molecule has 4 heterocycles. The number of hydrogen-bond donors (Lipinski definition) is 0. The van der Waals surface area contributed by atoms with Crippen LogP contribution in [0.2, 0.25) is 0 Å². The van der Waals surface area contributed by atoms with Gasteiger partial charge in [0.15, 0.2) is 5.82 Å². The highest BCUT2D eigenvalue weighted by molar-refractivity contribution is 9.10. The number of likely N-dealkylation sites (tertiary alicyclic amines) is 1. The summed E-state index contributed by atoms with van der Waals surface area (Å²) in [4.78, 5) is 18.1. The Kier molecular flexibility index (Phi) is 5.10. The smallest absolute Gasteiger partial charge is 0.410 e. The SMILES string of the molecule is Cc1c(Br)c(N2CCN3CC(F)(F)CC3C2)nn1C1CC2(C1)CN(C(=O)OC(C)(C)C)C2. The van der Waals surface area contributed by atoms with Gasteiger partial charge in [-0.2, -0.15) is 5.10 Å². The van der Waals surface area contributed by atoms with Crippen molar-refractivity contribution in [2.45, 2.75) is 70.6 Å². The van der Waals surface area contributed by atoms with Gasteiger partial charge in [-0.15, -0.1) is 0 Å². The zero-order chi connectivity index (χ0) is 23.1. The van der Waals surface area contributed by atoms with Crippen molar-refractivity contribution in [3.05, 3.63) is 10.2 Å². The van der Waals surface area contributed by atoms with Gasteiger partial charge in [0.25, 0.3) is 5.92 Å². The van der Waals surface area contributed by atoms with E-state index in [2.05, 4.69) is 32.4 Å². The fourth-order valence-electron chi connectivity index (χ4n) is 5.82. The molecule has 1 aromatic heterocycles. The van der Waals surface area contributed by atoms with Gasteiger partial charge in [-0.3, -0.25) is 9.58 Å². The van der Waals surface area contributed by atoms with E-state index in [1.165, 1.54) is 0 Å². The maximum absolute atomic E-state index is 13.8. The van der Waals surface area contributed by atoms with E-state index in [1.807, 2.05) is 25.7 Å². The van der Waals surface area contributed by atoms with Crippen molar-refractivity contribution < 1.29 is 18.3 Å². The lowest BCUT2D eigenvalue weighted by molar-refractivity contribution is -0.0930. The molecule has 178 valence electrons. The molecule has 0 bridgehead atoms. The number of ether oxygens (including phenoxy) is 1. The maximum atomic E-state index is 13.8. The van der Waals surface area contributed by atoms with Crippen molar-refractivity contribution in [2.24, 2.45) is 5.41 Å². The van der Waals surface area contributed by atoms with Gasteiger partial charge < -0.3 is 14.5 Å². The van der Waals surface area contributed by atoms with Crippen LogP contribution in [0.3, 0.4) is 0 Å². The molecule has 0 radical (unpaired) electrons. The summed E-state index contributed by atoms with van der Waals surface area (Å²) in [7, 11) is 0. The van der Waals surface area contributed by atoms with Crippen LogP contribution in [0.5, 0.6) is 0 Å². The lowest BCUT2D eigenvalue weighted by Crippen LogP contribution is -2.64. The second kappa shape index (κ2) is 7.29. The molecule has 3 aliphatic heterocycles. The Balaban J connectivity index is 1.21. The van der Waals surface area contributed by atoms with Crippen molar-refractivity contribution in [3.8, 4) is 0 Å². The molecule has 1 aromatic rings. The molecule has 0 N–H and O–H groups in total. The van der Waals surface area contributed by atoms with Crippen molar-refractivity contribution >= 4 is 27.8 Å². The molecule has 1 atom stereocenters. The van der Waals surface area contributed by atoms with Crippen LogP contribution in [0.15, 0.2) is 4.47 Å². The molecule has 1 spiro atoms. The third-order valence-electron chi connectivity index (χ3n) is 7.32. The molecule has 32 heavy (non-hydrogen) atoms. The van der Waals surface area contributed by atoms with Gasteiger partial charge in [-0.1, -0.05) is 0 Å². The largest absolute Gasteiger partial charge is 0.444 e. The molecule has 3 saturated heterocycles. The molecular formula is C22H32BrF2N5O2. The number of fused-ring (bicyclic) bond motifs is 1. The minimum atomic E-state index is -2.58. The first-order valence-corrected chi connectivity index (χ1v) is 12.2. The third-order valence-corrected chi connectivity index (χ3v) is 8.25. The van der Waals surface area contributed by atoms with E-state index >= 15 is 0 Å². The van der Waals surface area contributed by atoms with Gasteiger partial charge in [0.1, 0.15) is 5.60 Å². The Labute approximate surface area is 196 Å². The molecule has 1 aliphatic carbocycles. The Morgan fingerprint density at radius 1 is 1.12 bits per heavy atom. The van der Waals surface area contributed by atoms with Crippen molar-refractivity contribution in [1.29, 1.82) is 0 Å². The van der Waals surface area contributed by atoms with Gasteiger partial charge in [0, 0.05) is 50.6 Å². The first-order valence-electron chi connectivity index (χ1n) is 11.4. The first kappa shape index (κ1) is 22.4. The summed E-state index contributed by atoms with van der Waals surface area (Å²) in [5.74, 6) is -1.72. The molecule has 4 aliphatic rings. The molecule has 1 amide bonds. The quantitative estimate of drug-likeness (QED) is 0.594. The molecule has 5 rings (SSSR count). The normalized spacial score (nSPS) is 27.3. The summed E-state index contributed by atoms with van der Waals surface area (Å²) in [6.07, 6.45) is 1.68. The summed E-state index contributed by atoms with van der Waals surface area (Å²) in [6.45, 7) is 11.0. The molecule has 0 aromatic carbocycles. The summed E-state index contributed by atoms with van der Waals surface area (Å²) < 4.78 is 36.2. The van der Waals surface area contributed by atoms with E-state index in [0.29, 0.717) is 25.7 Å². The monoisotopic (exact) mass is 515 g/mol. The average Bonchev–Trinajstić information content (AvgIpc) is 3.06. The van der Waals surface area contributed by atoms with Gasteiger partial charge in [0.05, 0.1) is 22.8 Å². The van der Waals surface area contributed by atoms with Crippen LogP contribution in [0.1, 0.15) is 51.8 Å².